The summed E-state index contributed by atoms with van der Waals surface area (Å²) in [6.45, 7) is 4.16. The smallest absolute Gasteiger partial charge is 0.137 e. The van der Waals surface area contributed by atoms with Gasteiger partial charge in [0.1, 0.15) is 5.82 Å². The summed E-state index contributed by atoms with van der Waals surface area (Å²) in [4.78, 5) is 0. The van der Waals surface area contributed by atoms with Crippen LogP contribution in [0.3, 0.4) is 0 Å². The Morgan fingerprint density at radius 3 is 2.53 bits per heavy atom. The van der Waals surface area contributed by atoms with Crippen LogP contribution in [0.2, 0.25) is 0 Å². The van der Waals surface area contributed by atoms with Gasteiger partial charge in [0, 0.05) is 6.04 Å². The van der Waals surface area contributed by atoms with Crippen molar-refractivity contribution in [1.29, 1.82) is 0 Å². The normalized spacial score (nSPS) is 14.2. The summed E-state index contributed by atoms with van der Waals surface area (Å²) in [5.41, 5.74) is 6.85. The first-order valence-corrected chi connectivity index (χ1v) is 5.56. The van der Waals surface area contributed by atoms with Crippen molar-refractivity contribution < 1.29 is 4.39 Å². The lowest BCUT2D eigenvalue weighted by Crippen LogP contribution is -2.18. The maximum atomic E-state index is 13.2. The molecule has 2 atom stereocenters. The molecule has 0 saturated heterocycles. The maximum Gasteiger partial charge on any atom is 0.137 e. The van der Waals surface area contributed by atoms with Gasteiger partial charge in [0.25, 0.3) is 0 Å². The van der Waals surface area contributed by atoms with Crippen LogP contribution >= 0.6 is 28.3 Å². The van der Waals surface area contributed by atoms with E-state index in [1.165, 1.54) is 6.07 Å². The largest absolute Gasteiger partial charge is 0.324 e. The summed E-state index contributed by atoms with van der Waals surface area (Å²) in [6, 6.07) is 4.99. The minimum absolute atomic E-state index is 0. The van der Waals surface area contributed by atoms with Gasteiger partial charge in [-0.3, -0.25) is 0 Å². The Kier molecular flexibility index (Phi) is 6.41. The molecule has 15 heavy (non-hydrogen) atoms. The molecule has 1 unspecified atom stereocenters. The predicted molar refractivity (Wildman–Crippen MR) is 67.7 cm³/mol. The van der Waals surface area contributed by atoms with E-state index in [2.05, 4.69) is 29.8 Å². The van der Waals surface area contributed by atoms with Crippen LogP contribution in [-0.2, 0) is 0 Å². The molecule has 2 N–H and O–H groups in total. The average Bonchev–Trinajstić information content (AvgIpc) is 2.20. The van der Waals surface area contributed by atoms with Gasteiger partial charge < -0.3 is 5.73 Å². The van der Waals surface area contributed by atoms with Crippen molar-refractivity contribution in [3.8, 4) is 0 Å². The van der Waals surface area contributed by atoms with Crippen LogP contribution in [0.15, 0.2) is 22.7 Å². The molecule has 0 aliphatic carbocycles. The molecular formula is C11H16BrClFN. The first-order chi connectivity index (χ1) is 6.56. The first-order valence-electron chi connectivity index (χ1n) is 4.76. The highest BCUT2D eigenvalue weighted by Gasteiger charge is 2.14. The second-order valence-electron chi connectivity index (χ2n) is 3.58. The van der Waals surface area contributed by atoms with Gasteiger partial charge in [-0.15, -0.1) is 12.4 Å². The molecular weight excluding hydrogens is 280 g/mol. The van der Waals surface area contributed by atoms with Crippen LogP contribution in [0.25, 0.3) is 0 Å². The van der Waals surface area contributed by atoms with E-state index in [1.54, 1.807) is 6.07 Å². The molecule has 1 nitrogen and oxygen atoms in total. The average molecular weight is 297 g/mol. The van der Waals surface area contributed by atoms with Crippen LogP contribution in [0, 0.1) is 11.7 Å². The maximum absolute atomic E-state index is 13.2. The van der Waals surface area contributed by atoms with E-state index < -0.39 is 0 Å². The summed E-state index contributed by atoms with van der Waals surface area (Å²) in [6.07, 6.45) is 0.999. The van der Waals surface area contributed by atoms with Crippen molar-refractivity contribution in [1.82, 2.24) is 0 Å². The monoisotopic (exact) mass is 295 g/mol. The van der Waals surface area contributed by atoms with E-state index in [-0.39, 0.29) is 24.3 Å². The molecule has 4 heteroatoms. The number of benzene rings is 1. The van der Waals surface area contributed by atoms with E-state index in [0.717, 1.165) is 12.0 Å². The lowest BCUT2D eigenvalue weighted by atomic mass is 9.93. The molecule has 0 aliphatic rings. The van der Waals surface area contributed by atoms with Crippen molar-refractivity contribution in [3.63, 3.8) is 0 Å². The van der Waals surface area contributed by atoms with Crippen LogP contribution < -0.4 is 5.73 Å². The van der Waals surface area contributed by atoms with Gasteiger partial charge in [-0.1, -0.05) is 26.3 Å². The van der Waals surface area contributed by atoms with E-state index in [9.17, 15) is 4.39 Å². The predicted octanol–water partition coefficient (Wildman–Crippen LogP) is 4.06. The highest BCUT2D eigenvalue weighted by Crippen LogP contribution is 2.25. The fourth-order valence-electron chi connectivity index (χ4n) is 1.30. The molecule has 0 heterocycles. The summed E-state index contributed by atoms with van der Waals surface area (Å²) in [5, 5.41) is 0. The van der Waals surface area contributed by atoms with Gasteiger partial charge in [0.2, 0.25) is 0 Å². The lowest BCUT2D eigenvalue weighted by molar-refractivity contribution is 0.454. The van der Waals surface area contributed by atoms with Gasteiger partial charge in [-0.25, -0.2) is 4.39 Å². The fraction of sp³-hybridized carbons (Fsp3) is 0.455. The molecule has 0 radical (unpaired) electrons. The first kappa shape index (κ1) is 14.9. The topological polar surface area (TPSA) is 26.0 Å². The Labute approximate surface area is 105 Å². The molecule has 0 aromatic heterocycles. The zero-order valence-electron chi connectivity index (χ0n) is 8.84. The van der Waals surface area contributed by atoms with Gasteiger partial charge in [0.15, 0.2) is 0 Å². The highest BCUT2D eigenvalue weighted by molar-refractivity contribution is 9.10. The van der Waals surface area contributed by atoms with E-state index in [0.29, 0.717) is 10.4 Å². The molecule has 86 valence electrons. The Morgan fingerprint density at radius 1 is 1.47 bits per heavy atom. The molecule has 0 saturated carbocycles. The Hall–Kier alpha value is -0.120. The summed E-state index contributed by atoms with van der Waals surface area (Å²) >= 11 is 3.12. The standard InChI is InChI=1S/C11H15BrFN.ClH/c1-3-7(2)11(14)8-4-5-9(12)10(13)6-8;/h4-7,11H,3,14H2,1-2H3;1H/t7?,11-;/m0./s1. The van der Waals surface area contributed by atoms with Crippen LogP contribution in [-0.4, -0.2) is 0 Å². The number of halogens is 3. The molecule has 1 aromatic rings. The molecule has 0 amide bonds. The Bertz CT molecular complexity index is 319. The van der Waals surface area contributed by atoms with Crippen molar-refractivity contribution in [2.45, 2.75) is 26.3 Å². The molecule has 0 aliphatic heterocycles. The Morgan fingerprint density at radius 2 is 2.07 bits per heavy atom. The quantitative estimate of drug-likeness (QED) is 0.894. The minimum Gasteiger partial charge on any atom is -0.324 e. The third kappa shape index (κ3) is 3.74. The molecule has 0 bridgehead atoms. The number of nitrogens with two attached hydrogens (primary N) is 1. The zero-order chi connectivity index (χ0) is 10.7. The highest BCUT2D eigenvalue weighted by atomic mass is 79.9. The van der Waals surface area contributed by atoms with Crippen LogP contribution in [0.1, 0.15) is 31.9 Å². The second-order valence-corrected chi connectivity index (χ2v) is 4.44. The van der Waals surface area contributed by atoms with Crippen LogP contribution in [0.5, 0.6) is 0 Å². The lowest BCUT2D eigenvalue weighted by Gasteiger charge is -2.18. The third-order valence-corrected chi connectivity index (χ3v) is 3.23. The van der Waals surface area contributed by atoms with Crippen molar-refractivity contribution in [3.05, 3.63) is 34.1 Å². The molecule has 0 fully saturated rings. The minimum atomic E-state index is -0.249. The second kappa shape index (κ2) is 6.46. The zero-order valence-corrected chi connectivity index (χ0v) is 11.2. The van der Waals surface area contributed by atoms with Gasteiger partial charge >= 0.3 is 0 Å². The fourth-order valence-corrected chi connectivity index (χ4v) is 1.55. The van der Waals surface area contributed by atoms with Gasteiger partial charge in [-0.2, -0.15) is 0 Å². The molecule has 0 spiro atoms. The number of rotatable bonds is 3. The van der Waals surface area contributed by atoms with E-state index in [1.807, 2.05) is 6.07 Å². The van der Waals surface area contributed by atoms with E-state index >= 15 is 0 Å². The van der Waals surface area contributed by atoms with Crippen molar-refractivity contribution in [2.24, 2.45) is 11.7 Å². The van der Waals surface area contributed by atoms with E-state index in [4.69, 9.17) is 5.73 Å². The van der Waals surface area contributed by atoms with Crippen molar-refractivity contribution in [2.75, 3.05) is 0 Å². The number of hydrogen-bond donors (Lipinski definition) is 1. The Balaban J connectivity index is 0.00000196. The molecule has 1 rings (SSSR count). The summed E-state index contributed by atoms with van der Waals surface area (Å²) in [5.74, 6) is 0.122. The molecule has 1 aromatic carbocycles. The SMILES string of the molecule is CCC(C)[C@H](N)c1ccc(Br)c(F)c1.Cl. The van der Waals surface area contributed by atoms with Gasteiger partial charge in [0.05, 0.1) is 4.47 Å². The van der Waals surface area contributed by atoms with Gasteiger partial charge in [-0.05, 0) is 39.5 Å². The number of hydrogen-bond acceptors (Lipinski definition) is 1. The summed E-state index contributed by atoms with van der Waals surface area (Å²) in [7, 11) is 0. The third-order valence-electron chi connectivity index (χ3n) is 2.59. The summed E-state index contributed by atoms with van der Waals surface area (Å²) < 4.78 is 13.7. The van der Waals surface area contributed by atoms with Crippen molar-refractivity contribution >= 4 is 28.3 Å². The van der Waals surface area contributed by atoms with Crippen LogP contribution in [0.4, 0.5) is 4.39 Å².